The Labute approximate surface area is 96.2 Å². The van der Waals surface area contributed by atoms with Gasteiger partial charge in [0.2, 0.25) is 0 Å². The van der Waals surface area contributed by atoms with Crippen molar-refractivity contribution >= 4 is 0 Å². The van der Waals surface area contributed by atoms with E-state index in [1.165, 1.54) is 19.3 Å². The van der Waals surface area contributed by atoms with Crippen molar-refractivity contribution < 1.29 is 0 Å². The third kappa shape index (κ3) is 10.2. The Morgan fingerprint density at radius 1 is 1.07 bits per heavy atom. The lowest BCUT2D eigenvalue weighted by atomic mass is 9.90. The van der Waals surface area contributed by atoms with Crippen molar-refractivity contribution in [2.75, 3.05) is 19.6 Å². The standard InChI is InChI=1S/C13H30N2/c1-6-13(4,5)11-14-9-7-8-10-15-12(2)3/h12,14-15H,6-11H2,1-5H3. The first-order chi connectivity index (χ1) is 6.98. The van der Waals surface area contributed by atoms with Gasteiger partial charge in [-0.15, -0.1) is 0 Å². The highest BCUT2D eigenvalue weighted by atomic mass is 14.9. The second kappa shape index (κ2) is 8.12. The van der Waals surface area contributed by atoms with Crippen LogP contribution in [0.25, 0.3) is 0 Å². The Balaban J connectivity index is 3.18. The van der Waals surface area contributed by atoms with Crippen LogP contribution < -0.4 is 10.6 Å². The molecule has 0 fully saturated rings. The molecule has 0 heterocycles. The summed E-state index contributed by atoms with van der Waals surface area (Å²) >= 11 is 0. The third-order valence-electron chi connectivity index (χ3n) is 2.89. The minimum Gasteiger partial charge on any atom is -0.316 e. The minimum atomic E-state index is 0.455. The van der Waals surface area contributed by atoms with Crippen LogP contribution in [0.2, 0.25) is 0 Å². The summed E-state index contributed by atoms with van der Waals surface area (Å²) in [5, 5.41) is 6.97. The number of hydrogen-bond donors (Lipinski definition) is 2. The topological polar surface area (TPSA) is 24.1 Å². The number of hydrogen-bond acceptors (Lipinski definition) is 2. The van der Waals surface area contributed by atoms with Crippen LogP contribution in [-0.4, -0.2) is 25.7 Å². The van der Waals surface area contributed by atoms with E-state index in [0.717, 1.165) is 19.6 Å². The quantitative estimate of drug-likeness (QED) is 0.577. The molecule has 0 aliphatic rings. The highest BCUT2D eigenvalue weighted by Gasteiger charge is 2.13. The maximum Gasteiger partial charge on any atom is 0.00103 e. The zero-order chi connectivity index (χ0) is 11.7. The van der Waals surface area contributed by atoms with Crippen molar-refractivity contribution in [2.45, 2.75) is 59.9 Å². The molecule has 92 valence electrons. The van der Waals surface area contributed by atoms with Gasteiger partial charge in [-0.2, -0.15) is 0 Å². The summed E-state index contributed by atoms with van der Waals surface area (Å²) in [6.45, 7) is 14.7. The molecule has 0 radical (unpaired) electrons. The van der Waals surface area contributed by atoms with Crippen LogP contribution in [0.5, 0.6) is 0 Å². The lowest BCUT2D eigenvalue weighted by Gasteiger charge is -2.22. The van der Waals surface area contributed by atoms with Crippen molar-refractivity contribution in [3.05, 3.63) is 0 Å². The average molecular weight is 214 g/mol. The van der Waals surface area contributed by atoms with Gasteiger partial charge in [0.25, 0.3) is 0 Å². The van der Waals surface area contributed by atoms with Crippen LogP contribution in [0.4, 0.5) is 0 Å². The molecule has 0 saturated heterocycles. The van der Waals surface area contributed by atoms with Gasteiger partial charge >= 0.3 is 0 Å². The second-order valence-electron chi connectivity index (χ2n) is 5.51. The van der Waals surface area contributed by atoms with Gasteiger partial charge in [-0.05, 0) is 37.8 Å². The highest BCUT2D eigenvalue weighted by molar-refractivity contribution is 4.69. The Bertz CT molecular complexity index is 141. The van der Waals surface area contributed by atoms with Crippen molar-refractivity contribution in [2.24, 2.45) is 5.41 Å². The summed E-state index contributed by atoms with van der Waals surface area (Å²) in [5.74, 6) is 0. The average Bonchev–Trinajstić information content (AvgIpc) is 2.16. The van der Waals surface area contributed by atoms with Crippen LogP contribution >= 0.6 is 0 Å². The van der Waals surface area contributed by atoms with Gasteiger partial charge in [-0.1, -0.05) is 34.6 Å². The SMILES string of the molecule is CCC(C)(C)CNCCCCNC(C)C. The fourth-order valence-electron chi connectivity index (χ4n) is 1.32. The Hall–Kier alpha value is -0.0800. The summed E-state index contributed by atoms with van der Waals surface area (Å²) < 4.78 is 0. The molecule has 0 aliphatic carbocycles. The lowest BCUT2D eigenvalue weighted by molar-refractivity contribution is 0.327. The summed E-state index contributed by atoms with van der Waals surface area (Å²) in [4.78, 5) is 0. The van der Waals surface area contributed by atoms with Gasteiger partial charge in [0.05, 0.1) is 0 Å². The van der Waals surface area contributed by atoms with E-state index in [-0.39, 0.29) is 0 Å². The van der Waals surface area contributed by atoms with Gasteiger partial charge < -0.3 is 10.6 Å². The smallest absolute Gasteiger partial charge is 0.00103 e. The minimum absolute atomic E-state index is 0.455. The molecule has 0 unspecified atom stereocenters. The molecule has 0 rings (SSSR count). The molecule has 0 atom stereocenters. The summed E-state index contributed by atoms with van der Waals surface area (Å²) in [7, 11) is 0. The molecular formula is C13H30N2. The molecule has 0 aromatic heterocycles. The Kier molecular flexibility index (Phi) is 8.07. The first-order valence-corrected chi connectivity index (χ1v) is 6.42. The van der Waals surface area contributed by atoms with Gasteiger partial charge in [0.15, 0.2) is 0 Å². The summed E-state index contributed by atoms with van der Waals surface area (Å²) in [6.07, 6.45) is 3.80. The molecule has 2 heteroatoms. The maximum atomic E-state index is 3.54. The Morgan fingerprint density at radius 3 is 2.20 bits per heavy atom. The summed E-state index contributed by atoms with van der Waals surface area (Å²) in [5.41, 5.74) is 0.455. The zero-order valence-corrected chi connectivity index (χ0v) is 11.3. The molecule has 15 heavy (non-hydrogen) atoms. The zero-order valence-electron chi connectivity index (χ0n) is 11.3. The van der Waals surface area contributed by atoms with E-state index in [1.54, 1.807) is 0 Å². The lowest BCUT2D eigenvalue weighted by Crippen LogP contribution is -2.30. The normalized spacial score (nSPS) is 12.4. The van der Waals surface area contributed by atoms with Gasteiger partial charge in [0, 0.05) is 12.6 Å². The first kappa shape index (κ1) is 14.9. The predicted molar refractivity (Wildman–Crippen MR) is 69.3 cm³/mol. The highest BCUT2D eigenvalue weighted by Crippen LogP contribution is 2.17. The van der Waals surface area contributed by atoms with Gasteiger partial charge in [-0.3, -0.25) is 0 Å². The van der Waals surface area contributed by atoms with E-state index >= 15 is 0 Å². The van der Waals surface area contributed by atoms with Crippen LogP contribution in [0.3, 0.4) is 0 Å². The number of unbranched alkanes of at least 4 members (excludes halogenated alkanes) is 1. The van der Waals surface area contributed by atoms with E-state index in [1.807, 2.05) is 0 Å². The van der Waals surface area contributed by atoms with Crippen molar-refractivity contribution in [1.29, 1.82) is 0 Å². The van der Waals surface area contributed by atoms with E-state index in [4.69, 9.17) is 0 Å². The molecule has 2 nitrogen and oxygen atoms in total. The molecule has 0 saturated carbocycles. The fraction of sp³-hybridized carbons (Fsp3) is 1.00. The van der Waals surface area contributed by atoms with E-state index in [0.29, 0.717) is 11.5 Å². The third-order valence-corrected chi connectivity index (χ3v) is 2.89. The molecule has 0 aliphatic heterocycles. The van der Waals surface area contributed by atoms with Crippen molar-refractivity contribution in [3.63, 3.8) is 0 Å². The summed E-state index contributed by atoms with van der Waals surface area (Å²) in [6, 6.07) is 0.622. The molecular weight excluding hydrogens is 184 g/mol. The van der Waals surface area contributed by atoms with E-state index < -0.39 is 0 Å². The molecule has 0 spiro atoms. The van der Waals surface area contributed by atoms with Crippen LogP contribution in [-0.2, 0) is 0 Å². The van der Waals surface area contributed by atoms with Crippen LogP contribution in [0, 0.1) is 5.41 Å². The first-order valence-electron chi connectivity index (χ1n) is 6.42. The van der Waals surface area contributed by atoms with Crippen molar-refractivity contribution in [3.8, 4) is 0 Å². The molecule has 2 N–H and O–H groups in total. The van der Waals surface area contributed by atoms with Crippen LogP contribution in [0.1, 0.15) is 53.9 Å². The van der Waals surface area contributed by atoms with Crippen LogP contribution in [0.15, 0.2) is 0 Å². The fourth-order valence-corrected chi connectivity index (χ4v) is 1.32. The molecule has 0 aromatic rings. The monoisotopic (exact) mass is 214 g/mol. The van der Waals surface area contributed by atoms with E-state index in [9.17, 15) is 0 Å². The largest absolute Gasteiger partial charge is 0.316 e. The molecule has 0 amide bonds. The van der Waals surface area contributed by atoms with Gasteiger partial charge in [-0.25, -0.2) is 0 Å². The van der Waals surface area contributed by atoms with E-state index in [2.05, 4.69) is 45.3 Å². The second-order valence-corrected chi connectivity index (χ2v) is 5.51. The predicted octanol–water partition coefficient (Wildman–Crippen LogP) is 2.79. The molecule has 0 bridgehead atoms. The number of nitrogens with one attached hydrogen (secondary N) is 2. The van der Waals surface area contributed by atoms with Gasteiger partial charge in [0.1, 0.15) is 0 Å². The number of rotatable bonds is 9. The maximum absolute atomic E-state index is 3.54. The molecule has 0 aromatic carbocycles. The Morgan fingerprint density at radius 2 is 1.67 bits per heavy atom. The van der Waals surface area contributed by atoms with Crippen molar-refractivity contribution in [1.82, 2.24) is 10.6 Å².